The first-order chi connectivity index (χ1) is 13.4. The van der Waals surface area contributed by atoms with Gasteiger partial charge < -0.3 is 15.6 Å². The molecule has 28 heavy (non-hydrogen) atoms. The second kappa shape index (κ2) is 9.23. The molecule has 7 nitrogen and oxygen atoms in total. The molecule has 0 bridgehead atoms. The molecule has 0 saturated heterocycles. The Kier molecular flexibility index (Phi) is 6.72. The summed E-state index contributed by atoms with van der Waals surface area (Å²) in [7, 11) is 1.83. The van der Waals surface area contributed by atoms with E-state index in [1.54, 1.807) is 4.57 Å². The lowest BCUT2D eigenvalue weighted by Crippen LogP contribution is -2.28. The number of benzene rings is 1. The summed E-state index contributed by atoms with van der Waals surface area (Å²) in [6.07, 6.45) is 5.47. The third-order valence-electron chi connectivity index (χ3n) is 5.10. The molecule has 1 aromatic heterocycles. The fourth-order valence-corrected chi connectivity index (χ4v) is 4.18. The van der Waals surface area contributed by atoms with Crippen LogP contribution >= 0.6 is 11.8 Å². The van der Waals surface area contributed by atoms with Gasteiger partial charge >= 0.3 is 0 Å². The number of rotatable bonds is 8. The molecule has 0 spiro atoms. The average Bonchev–Trinajstić information content (AvgIpc) is 3.04. The van der Waals surface area contributed by atoms with E-state index < -0.39 is 0 Å². The lowest BCUT2D eigenvalue weighted by Gasteiger charge is -2.20. The van der Waals surface area contributed by atoms with Crippen LogP contribution in [-0.2, 0) is 35.9 Å². The number of fused-ring (bicyclic) bond motifs is 1. The zero-order valence-corrected chi connectivity index (χ0v) is 17.2. The maximum atomic E-state index is 12.4. The Labute approximate surface area is 169 Å². The van der Waals surface area contributed by atoms with E-state index in [4.69, 9.17) is 5.73 Å². The van der Waals surface area contributed by atoms with Crippen molar-refractivity contribution in [3.8, 4) is 0 Å². The molecule has 1 aromatic carbocycles. The van der Waals surface area contributed by atoms with Crippen LogP contribution in [0.3, 0.4) is 0 Å². The number of aryl methyl sites for hydroxylation is 3. The fraction of sp³-hybridized carbons (Fsp3) is 0.500. The lowest BCUT2D eigenvalue weighted by molar-refractivity contribution is -0.119. The smallest absolute Gasteiger partial charge is 0.230 e. The number of nitrogens with zero attached hydrogens (tertiary/aromatic N) is 3. The largest absolute Gasteiger partial charge is 0.370 e. The van der Waals surface area contributed by atoms with Gasteiger partial charge in [-0.3, -0.25) is 9.59 Å². The van der Waals surface area contributed by atoms with Crippen molar-refractivity contribution in [3.63, 3.8) is 0 Å². The highest BCUT2D eigenvalue weighted by molar-refractivity contribution is 7.99. The molecule has 0 aliphatic heterocycles. The molecule has 1 atom stereocenters. The van der Waals surface area contributed by atoms with Crippen LogP contribution in [0, 0.1) is 0 Å². The highest BCUT2D eigenvalue weighted by Gasteiger charge is 2.16. The molecular weight excluding hydrogens is 374 g/mol. The van der Waals surface area contributed by atoms with E-state index >= 15 is 0 Å². The Morgan fingerprint density at radius 2 is 2.00 bits per heavy atom. The highest BCUT2D eigenvalue weighted by Crippen LogP contribution is 2.25. The number of nitrogens with one attached hydrogen (secondary N) is 1. The van der Waals surface area contributed by atoms with Crippen LogP contribution in [0.2, 0.25) is 0 Å². The van der Waals surface area contributed by atoms with Gasteiger partial charge in [-0.1, -0.05) is 30.0 Å². The van der Waals surface area contributed by atoms with Crippen LogP contribution in [-0.4, -0.2) is 32.3 Å². The van der Waals surface area contributed by atoms with Crippen LogP contribution < -0.4 is 11.1 Å². The van der Waals surface area contributed by atoms with Crippen molar-refractivity contribution >= 4 is 23.6 Å². The summed E-state index contributed by atoms with van der Waals surface area (Å²) in [5.41, 5.74) is 9.18. The molecule has 8 heteroatoms. The molecule has 150 valence electrons. The summed E-state index contributed by atoms with van der Waals surface area (Å²) in [6.45, 7) is 2.01. The predicted molar refractivity (Wildman–Crippen MR) is 109 cm³/mol. The Morgan fingerprint density at radius 1 is 1.25 bits per heavy atom. The minimum Gasteiger partial charge on any atom is -0.370 e. The molecular formula is C20H27N5O2S. The van der Waals surface area contributed by atoms with Crippen molar-refractivity contribution in [1.82, 2.24) is 20.1 Å². The summed E-state index contributed by atoms with van der Waals surface area (Å²) >= 11 is 1.33. The number of aromatic nitrogens is 3. The molecule has 0 saturated carbocycles. The average molecular weight is 402 g/mol. The molecule has 0 unspecified atom stereocenters. The third kappa shape index (κ3) is 5.13. The normalized spacial score (nSPS) is 14.4. The molecule has 1 heterocycles. The summed E-state index contributed by atoms with van der Waals surface area (Å²) in [5.74, 6) is 0.533. The van der Waals surface area contributed by atoms with E-state index in [2.05, 4.69) is 33.7 Å². The molecule has 0 fully saturated rings. The molecule has 2 amide bonds. The van der Waals surface area contributed by atoms with E-state index in [1.165, 1.54) is 35.7 Å². The van der Waals surface area contributed by atoms with Crippen LogP contribution in [0.4, 0.5) is 0 Å². The van der Waals surface area contributed by atoms with E-state index in [0.717, 1.165) is 18.4 Å². The van der Waals surface area contributed by atoms with Gasteiger partial charge in [-0.05, 0) is 49.3 Å². The third-order valence-corrected chi connectivity index (χ3v) is 6.12. The first-order valence-corrected chi connectivity index (χ1v) is 10.6. The van der Waals surface area contributed by atoms with Crippen molar-refractivity contribution in [1.29, 1.82) is 0 Å². The van der Waals surface area contributed by atoms with Gasteiger partial charge in [0.25, 0.3) is 0 Å². The molecule has 3 rings (SSSR count). The number of carbonyl (C=O) groups is 2. The van der Waals surface area contributed by atoms with Gasteiger partial charge in [-0.25, -0.2) is 0 Å². The minimum absolute atomic E-state index is 0.0362. The fourth-order valence-electron chi connectivity index (χ4n) is 3.44. The van der Waals surface area contributed by atoms with Crippen molar-refractivity contribution < 1.29 is 9.59 Å². The van der Waals surface area contributed by atoms with Gasteiger partial charge in [0.15, 0.2) is 5.16 Å². The van der Waals surface area contributed by atoms with Crippen molar-refractivity contribution in [2.75, 3.05) is 5.75 Å². The Balaban J connectivity index is 1.52. The van der Waals surface area contributed by atoms with Crippen LogP contribution in [0.15, 0.2) is 23.4 Å². The Hall–Kier alpha value is -2.35. The van der Waals surface area contributed by atoms with E-state index in [1.807, 2.05) is 14.0 Å². The summed E-state index contributed by atoms with van der Waals surface area (Å²) in [4.78, 5) is 23.3. The number of hydrogen-bond acceptors (Lipinski definition) is 5. The van der Waals surface area contributed by atoms with Crippen LogP contribution in [0.5, 0.6) is 0 Å². The lowest BCUT2D eigenvalue weighted by atomic mass is 9.89. The van der Waals surface area contributed by atoms with Gasteiger partial charge in [0, 0.05) is 19.9 Å². The molecule has 3 N–H and O–H groups in total. The monoisotopic (exact) mass is 401 g/mol. The maximum absolute atomic E-state index is 12.4. The van der Waals surface area contributed by atoms with Gasteiger partial charge in [-0.15, -0.1) is 10.2 Å². The molecule has 1 aliphatic rings. The van der Waals surface area contributed by atoms with Crippen LogP contribution in [0.25, 0.3) is 0 Å². The number of carbonyl (C=O) groups excluding carboxylic acids is 2. The summed E-state index contributed by atoms with van der Waals surface area (Å²) in [5, 5.41) is 11.9. The number of primary amides is 1. The van der Waals surface area contributed by atoms with Crippen molar-refractivity contribution in [3.05, 3.63) is 40.7 Å². The second-order valence-electron chi connectivity index (χ2n) is 7.24. The quantitative estimate of drug-likeness (QED) is 0.659. The Bertz CT molecular complexity index is 864. The van der Waals surface area contributed by atoms with Crippen molar-refractivity contribution in [2.45, 2.75) is 56.6 Å². The highest BCUT2D eigenvalue weighted by atomic mass is 32.2. The van der Waals surface area contributed by atoms with E-state index in [0.29, 0.717) is 17.4 Å². The number of amides is 2. The second-order valence-corrected chi connectivity index (χ2v) is 8.18. The summed E-state index contributed by atoms with van der Waals surface area (Å²) < 4.78 is 1.80. The SMILES string of the molecule is C[C@@H](NC(=O)CSc1nnc(CCC(N)=O)n1C)c1ccc2c(c1)CCCC2. The van der Waals surface area contributed by atoms with Crippen molar-refractivity contribution in [2.24, 2.45) is 12.8 Å². The number of hydrogen-bond donors (Lipinski definition) is 2. The predicted octanol–water partition coefficient (Wildman–Crippen LogP) is 2.08. The Morgan fingerprint density at radius 3 is 2.75 bits per heavy atom. The zero-order chi connectivity index (χ0) is 20.1. The number of nitrogens with two attached hydrogens (primary N) is 1. The van der Waals surface area contributed by atoms with Gasteiger partial charge in [0.05, 0.1) is 11.8 Å². The van der Waals surface area contributed by atoms with E-state index in [-0.39, 0.29) is 30.0 Å². The molecule has 1 aliphatic carbocycles. The standard InChI is InChI=1S/C20H27N5O2S/c1-13(15-8-7-14-5-3-4-6-16(14)11-15)22-19(27)12-28-20-24-23-18(25(20)2)10-9-17(21)26/h7-8,11,13H,3-6,9-10,12H2,1-2H3,(H2,21,26)(H,22,27)/t13-/m1/s1. The van der Waals surface area contributed by atoms with E-state index in [9.17, 15) is 9.59 Å². The first-order valence-electron chi connectivity index (χ1n) is 9.64. The van der Waals surface area contributed by atoms with Gasteiger partial charge in [0.2, 0.25) is 11.8 Å². The van der Waals surface area contributed by atoms with Gasteiger partial charge in [-0.2, -0.15) is 0 Å². The molecule has 2 aromatic rings. The maximum Gasteiger partial charge on any atom is 0.230 e. The van der Waals surface area contributed by atoms with Crippen LogP contribution in [0.1, 0.15) is 54.7 Å². The molecule has 0 radical (unpaired) electrons. The summed E-state index contributed by atoms with van der Waals surface area (Å²) in [6, 6.07) is 6.52. The first kappa shape index (κ1) is 20.4. The zero-order valence-electron chi connectivity index (χ0n) is 16.4. The van der Waals surface area contributed by atoms with Gasteiger partial charge in [0.1, 0.15) is 5.82 Å². The minimum atomic E-state index is -0.368. The number of thioether (sulfide) groups is 1. The topological polar surface area (TPSA) is 103 Å².